The number of rotatable bonds is 2. The van der Waals surface area contributed by atoms with Gasteiger partial charge in [-0.15, -0.1) is 11.6 Å². The standard InChI is InChI=1S/C11H11ClO3/c1-15-8-3-2-7-4-5-11(12,10(13)14)9(7)6-8/h2-3,6H,4-5H2,1H3,(H,13,14). The average molecular weight is 227 g/mol. The zero-order chi connectivity index (χ0) is 11.1. The van der Waals surface area contributed by atoms with Gasteiger partial charge in [0.15, 0.2) is 4.87 Å². The number of carboxylic acids is 1. The fourth-order valence-corrected chi connectivity index (χ4v) is 2.20. The summed E-state index contributed by atoms with van der Waals surface area (Å²) in [7, 11) is 1.55. The molecule has 1 aliphatic rings. The minimum Gasteiger partial charge on any atom is -0.497 e. The van der Waals surface area contributed by atoms with E-state index in [1.54, 1.807) is 13.2 Å². The number of carbonyl (C=O) groups is 1. The van der Waals surface area contributed by atoms with Crippen LogP contribution in [0.15, 0.2) is 18.2 Å². The molecule has 0 saturated heterocycles. The van der Waals surface area contributed by atoms with E-state index in [9.17, 15) is 4.79 Å². The summed E-state index contributed by atoms with van der Waals surface area (Å²) in [4.78, 5) is 9.84. The number of methoxy groups -OCH3 is 1. The van der Waals surface area contributed by atoms with E-state index in [2.05, 4.69) is 0 Å². The maximum absolute atomic E-state index is 11.1. The Balaban J connectivity index is 2.53. The van der Waals surface area contributed by atoms with E-state index in [-0.39, 0.29) is 0 Å². The highest BCUT2D eigenvalue weighted by Crippen LogP contribution is 2.43. The normalized spacial score (nSPS) is 23.6. The van der Waals surface area contributed by atoms with Gasteiger partial charge in [-0.1, -0.05) is 6.07 Å². The molecule has 4 heteroatoms. The number of halogens is 1. The number of hydrogen-bond acceptors (Lipinski definition) is 2. The summed E-state index contributed by atoms with van der Waals surface area (Å²) in [5, 5.41) is 9.11. The van der Waals surface area contributed by atoms with Crippen LogP contribution in [-0.4, -0.2) is 18.2 Å². The van der Waals surface area contributed by atoms with Crippen LogP contribution in [0.25, 0.3) is 0 Å². The third-order valence-electron chi connectivity index (χ3n) is 2.82. The van der Waals surface area contributed by atoms with E-state index >= 15 is 0 Å². The fraction of sp³-hybridized carbons (Fsp3) is 0.364. The topological polar surface area (TPSA) is 46.5 Å². The third-order valence-corrected chi connectivity index (χ3v) is 3.38. The van der Waals surface area contributed by atoms with Crippen molar-refractivity contribution in [1.29, 1.82) is 0 Å². The Morgan fingerprint density at radius 2 is 2.33 bits per heavy atom. The minimum absolute atomic E-state index is 0.437. The third kappa shape index (κ3) is 1.47. The maximum atomic E-state index is 11.1. The van der Waals surface area contributed by atoms with Gasteiger partial charge in [0.2, 0.25) is 0 Å². The molecule has 1 atom stereocenters. The molecule has 0 aliphatic heterocycles. The molecule has 0 amide bonds. The van der Waals surface area contributed by atoms with Crippen molar-refractivity contribution < 1.29 is 14.6 Å². The van der Waals surface area contributed by atoms with Crippen LogP contribution < -0.4 is 4.74 Å². The number of benzene rings is 1. The molecule has 0 spiro atoms. The summed E-state index contributed by atoms with van der Waals surface area (Å²) in [5.74, 6) is -0.349. The Labute approximate surface area is 92.6 Å². The molecule has 0 fully saturated rings. The second-order valence-corrected chi connectivity index (χ2v) is 4.27. The first-order valence-electron chi connectivity index (χ1n) is 4.67. The van der Waals surface area contributed by atoms with Gasteiger partial charge < -0.3 is 9.84 Å². The molecule has 80 valence electrons. The summed E-state index contributed by atoms with van der Waals surface area (Å²) in [6.07, 6.45) is 1.14. The van der Waals surface area contributed by atoms with Crippen LogP contribution >= 0.6 is 11.6 Å². The van der Waals surface area contributed by atoms with Crippen LogP contribution in [0.1, 0.15) is 17.5 Å². The molecular weight excluding hydrogens is 216 g/mol. The molecule has 2 rings (SSSR count). The first kappa shape index (κ1) is 10.3. The first-order chi connectivity index (χ1) is 7.08. The van der Waals surface area contributed by atoms with Gasteiger partial charge >= 0.3 is 5.97 Å². The molecule has 0 saturated carbocycles. The number of fused-ring (bicyclic) bond motifs is 1. The van der Waals surface area contributed by atoms with Crippen molar-refractivity contribution >= 4 is 17.6 Å². The van der Waals surface area contributed by atoms with Gasteiger partial charge in [-0.25, -0.2) is 4.79 Å². The largest absolute Gasteiger partial charge is 0.497 e. The van der Waals surface area contributed by atoms with E-state index in [0.717, 1.165) is 5.56 Å². The highest BCUT2D eigenvalue weighted by Gasteiger charge is 2.44. The predicted molar refractivity (Wildman–Crippen MR) is 56.5 cm³/mol. The van der Waals surface area contributed by atoms with Gasteiger partial charge in [-0.2, -0.15) is 0 Å². The van der Waals surface area contributed by atoms with E-state index < -0.39 is 10.8 Å². The Bertz CT molecular complexity index is 416. The van der Waals surface area contributed by atoms with Crippen molar-refractivity contribution in [3.63, 3.8) is 0 Å². The molecule has 0 radical (unpaired) electrons. The monoisotopic (exact) mass is 226 g/mol. The predicted octanol–water partition coefficient (Wildman–Crippen LogP) is 2.16. The van der Waals surface area contributed by atoms with Gasteiger partial charge in [0.25, 0.3) is 0 Å². The summed E-state index contributed by atoms with van der Waals surface area (Å²) in [6, 6.07) is 5.41. The smallest absolute Gasteiger partial charge is 0.329 e. The van der Waals surface area contributed by atoms with E-state index in [1.807, 2.05) is 12.1 Å². The van der Waals surface area contributed by atoms with Crippen LogP contribution in [0.4, 0.5) is 0 Å². The van der Waals surface area contributed by atoms with Gasteiger partial charge in [0.1, 0.15) is 5.75 Å². The molecule has 1 unspecified atom stereocenters. The van der Waals surface area contributed by atoms with Crippen LogP contribution in [-0.2, 0) is 16.1 Å². The molecule has 3 nitrogen and oxygen atoms in total. The van der Waals surface area contributed by atoms with Crippen molar-refractivity contribution in [3.05, 3.63) is 29.3 Å². The number of aliphatic carboxylic acids is 1. The quantitative estimate of drug-likeness (QED) is 0.787. The Morgan fingerprint density at radius 3 is 2.93 bits per heavy atom. The van der Waals surface area contributed by atoms with E-state index in [4.69, 9.17) is 21.4 Å². The second kappa shape index (κ2) is 3.42. The van der Waals surface area contributed by atoms with Crippen LogP contribution in [0.3, 0.4) is 0 Å². The second-order valence-electron chi connectivity index (χ2n) is 3.63. The highest BCUT2D eigenvalue weighted by atomic mass is 35.5. The molecule has 1 aromatic rings. The van der Waals surface area contributed by atoms with Crippen LogP contribution in [0.5, 0.6) is 5.75 Å². The Kier molecular flexibility index (Phi) is 2.35. The molecular formula is C11H11ClO3. The Hall–Kier alpha value is -1.22. The number of hydrogen-bond donors (Lipinski definition) is 1. The molecule has 0 bridgehead atoms. The van der Waals surface area contributed by atoms with Crippen molar-refractivity contribution in [1.82, 2.24) is 0 Å². The summed E-state index contributed by atoms with van der Waals surface area (Å²) in [5.41, 5.74) is 1.66. The molecule has 1 N–H and O–H groups in total. The molecule has 1 aliphatic carbocycles. The number of ether oxygens (including phenoxy) is 1. The highest BCUT2D eigenvalue weighted by molar-refractivity contribution is 6.34. The minimum atomic E-state index is -1.27. The lowest BCUT2D eigenvalue weighted by molar-refractivity contribution is -0.140. The molecule has 15 heavy (non-hydrogen) atoms. The van der Waals surface area contributed by atoms with Gasteiger partial charge in [-0.3, -0.25) is 0 Å². The van der Waals surface area contributed by atoms with E-state index in [0.29, 0.717) is 24.2 Å². The zero-order valence-corrected chi connectivity index (χ0v) is 9.04. The number of alkyl halides is 1. The summed E-state index contributed by atoms with van der Waals surface area (Å²) < 4.78 is 5.06. The average Bonchev–Trinajstić information content (AvgIpc) is 2.57. The first-order valence-corrected chi connectivity index (χ1v) is 5.05. The maximum Gasteiger partial charge on any atom is 0.329 e. The lowest BCUT2D eigenvalue weighted by Gasteiger charge is -2.17. The van der Waals surface area contributed by atoms with Crippen LogP contribution in [0.2, 0.25) is 0 Å². The summed E-state index contributed by atoms with van der Waals surface area (Å²) in [6.45, 7) is 0. The molecule has 1 aromatic carbocycles. The lowest BCUT2D eigenvalue weighted by atomic mass is 10.0. The molecule has 0 heterocycles. The van der Waals surface area contributed by atoms with Crippen LogP contribution in [0, 0.1) is 0 Å². The van der Waals surface area contributed by atoms with Gasteiger partial charge in [0, 0.05) is 0 Å². The fourth-order valence-electron chi connectivity index (χ4n) is 1.93. The van der Waals surface area contributed by atoms with Crippen molar-refractivity contribution in [2.75, 3.05) is 7.11 Å². The van der Waals surface area contributed by atoms with Crippen molar-refractivity contribution in [3.8, 4) is 5.75 Å². The van der Waals surface area contributed by atoms with E-state index in [1.165, 1.54) is 0 Å². The molecule has 0 aromatic heterocycles. The summed E-state index contributed by atoms with van der Waals surface area (Å²) >= 11 is 6.11. The van der Waals surface area contributed by atoms with Crippen molar-refractivity contribution in [2.24, 2.45) is 0 Å². The van der Waals surface area contributed by atoms with Gasteiger partial charge in [0.05, 0.1) is 7.11 Å². The number of carboxylic acid groups (broad SMARTS) is 1. The SMILES string of the molecule is COc1ccc2c(c1)C(Cl)(C(=O)O)CC2. The zero-order valence-electron chi connectivity index (χ0n) is 8.29. The Morgan fingerprint density at radius 1 is 1.60 bits per heavy atom. The van der Waals surface area contributed by atoms with Crippen molar-refractivity contribution in [2.45, 2.75) is 17.7 Å². The number of aryl methyl sites for hydroxylation is 1. The lowest BCUT2D eigenvalue weighted by Crippen LogP contribution is -2.26. The van der Waals surface area contributed by atoms with Gasteiger partial charge in [-0.05, 0) is 36.1 Å².